The van der Waals surface area contributed by atoms with Gasteiger partial charge in [-0.15, -0.1) is 0 Å². The van der Waals surface area contributed by atoms with Gasteiger partial charge in [0.05, 0.1) is 6.04 Å². The molecule has 0 bridgehead atoms. The molecule has 1 aliphatic rings. The van der Waals surface area contributed by atoms with Gasteiger partial charge >= 0.3 is 0 Å². The fraction of sp³-hybridized carbons (Fsp3) is 0.300. The first-order valence-corrected chi connectivity index (χ1v) is 8.84. The topological polar surface area (TPSA) is 49.4 Å². The minimum atomic E-state index is -0.119. The fourth-order valence-electron chi connectivity index (χ4n) is 2.97. The Labute approximate surface area is 152 Å². The molecule has 1 N–H and O–H groups in total. The van der Waals surface area contributed by atoms with Crippen LogP contribution in [0.4, 0.5) is 0 Å². The zero-order valence-corrected chi connectivity index (χ0v) is 14.9. The molecule has 5 heteroatoms. The molecule has 4 nitrogen and oxygen atoms in total. The first kappa shape index (κ1) is 17.5. The lowest BCUT2D eigenvalue weighted by Crippen LogP contribution is -2.27. The van der Waals surface area contributed by atoms with E-state index >= 15 is 0 Å². The van der Waals surface area contributed by atoms with E-state index in [1.54, 1.807) is 12.1 Å². The molecule has 1 heterocycles. The molecule has 130 valence electrons. The number of amides is 2. The van der Waals surface area contributed by atoms with Gasteiger partial charge in [0.2, 0.25) is 5.91 Å². The number of benzene rings is 2. The van der Waals surface area contributed by atoms with Crippen LogP contribution in [0.1, 0.15) is 47.3 Å². The third-order valence-electron chi connectivity index (χ3n) is 4.48. The molecule has 2 amide bonds. The summed E-state index contributed by atoms with van der Waals surface area (Å²) in [6.07, 6.45) is 1.57. The number of halogens is 1. The standard InChI is InChI=1S/C20H21ClN2O2/c1-14(16-8-10-18(21)11-9-16)22-20(25)17-6-4-15(5-7-17)13-23-12-2-3-19(23)24/h4-11,14H,2-3,12-13H2,1H3,(H,22,25). The van der Waals surface area contributed by atoms with Gasteiger partial charge in [-0.3, -0.25) is 9.59 Å². The van der Waals surface area contributed by atoms with Gasteiger partial charge in [0.15, 0.2) is 0 Å². The first-order valence-electron chi connectivity index (χ1n) is 8.46. The van der Waals surface area contributed by atoms with E-state index in [1.165, 1.54) is 0 Å². The highest BCUT2D eigenvalue weighted by Crippen LogP contribution is 2.18. The Morgan fingerprint density at radius 2 is 1.84 bits per heavy atom. The van der Waals surface area contributed by atoms with E-state index in [9.17, 15) is 9.59 Å². The number of rotatable bonds is 5. The highest BCUT2D eigenvalue weighted by Gasteiger charge is 2.20. The van der Waals surface area contributed by atoms with Crippen molar-refractivity contribution in [1.82, 2.24) is 10.2 Å². The van der Waals surface area contributed by atoms with Crippen LogP contribution >= 0.6 is 11.6 Å². The maximum absolute atomic E-state index is 12.4. The lowest BCUT2D eigenvalue weighted by Gasteiger charge is -2.16. The molecule has 0 aromatic heterocycles. The Bertz CT molecular complexity index is 756. The smallest absolute Gasteiger partial charge is 0.251 e. The largest absolute Gasteiger partial charge is 0.346 e. The molecule has 2 aromatic carbocycles. The van der Waals surface area contributed by atoms with Gasteiger partial charge in [-0.2, -0.15) is 0 Å². The van der Waals surface area contributed by atoms with Crippen LogP contribution in [0.15, 0.2) is 48.5 Å². The molecule has 2 aromatic rings. The normalized spacial score (nSPS) is 15.3. The van der Waals surface area contributed by atoms with E-state index in [0.29, 0.717) is 23.6 Å². The lowest BCUT2D eigenvalue weighted by molar-refractivity contribution is -0.128. The molecular formula is C20H21ClN2O2. The molecule has 0 spiro atoms. The highest BCUT2D eigenvalue weighted by molar-refractivity contribution is 6.30. The van der Waals surface area contributed by atoms with Gasteiger partial charge in [-0.05, 0) is 48.7 Å². The maximum atomic E-state index is 12.4. The van der Waals surface area contributed by atoms with Gasteiger partial charge < -0.3 is 10.2 Å². The van der Waals surface area contributed by atoms with Crippen LogP contribution in [0.2, 0.25) is 5.02 Å². The van der Waals surface area contributed by atoms with E-state index < -0.39 is 0 Å². The van der Waals surface area contributed by atoms with Crippen molar-refractivity contribution in [3.63, 3.8) is 0 Å². The average Bonchev–Trinajstić information content (AvgIpc) is 3.01. The second kappa shape index (κ2) is 7.70. The van der Waals surface area contributed by atoms with E-state index in [2.05, 4.69) is 5.32 Å². The average molecular weight is 357 g/mol. The maximum Gasteiger partial charge on any atom is 0.251 e. The second-order valence-corrected chi connectivity index (χ2v) is 6.80. The van der Waals surface area contributed by atoms with Crippen molar-refractivity contribution < 1.29 is 9.59 Å². The molecule has 1 saturated heterocycles. The number of carbonyl (C=O) groups excluding carboxylic acids is 2. The molecule has 0 radical (unpaired) electrons. The van der Waals surface area contributed by atoms with Crippen LogP contribution in [0, 0.1) is 0 Å². The summed E-state index contributed by atoms with van der Waals surface area (Å²) in [4.78, 5) is 25.9. The Kier molecular flexibility index (Phi) is 5.39. The number of hydrogen-bond donors (Lipinski definition) is 1. The first-order chi connectivity index (χ1) is 12.0. The molecule has 0 saturated carbocycles. The highest BCUT2D eigenvalue weighted by atomic mass is 35.5. The summed E-state index contributed by atoms with van der Waals surface area (Å²) in [7, 11) is 0. The Balaban J connectivity index is 1.60. The molecule has 1 aliphatic heterocycles. The van der Waals surface area contributed by atoms with Crippen molar-refractivity contribution in [1.29, 1.82) is 0 Å². The third kappa shape index (κ3) is 4.40. The van der Waals surface area contributed by atoms with E-state index in [4.69, 9.17) is 11.6 Å². The van der Waals surface area contributed by atoms with E-state index in [0.717, 1.165) is 24.1 Å². The molecule has 3 rings (SSSR count). The SMILES string of the molecule is CC(NC(=O)c1ccc(CN2CCCC2=O)cc1)c1ccc(Cl)cc1. The van der Waals surface area contributed by atoms with Crippen molar-refractivity contribution in [3.05, 3.63) is 70.2 Å². The van der Waals surface area contributed by atoms with E-state index in [1.807, 2.05) is 48.2 Å². The minimum absolute atomic E-state index is 0.105. The third-order valence-corrected chi connectivity index (χ3v) is 4.73. The van der Waals surface area contributed by atoms with Crippen molar-refractivity contribution in [2.24, 2.45) is 0 Å². The fourth-order valence-corrected chi connectivity index (χ4v) is 3.09. The monoisotopic (exact) mass is 356 g/mol. The summed E-state index contributed by atoms with van der Waals surface area (Å²) in [6.45, 7) is 3.37. The number of nitrogens with zero attached hydrogens (tertiary/aromatic N) is 1. The van der Waals surface area contributed by atoms with Crippen molar-refractivity contribution in [2.45, 2.75) is 32.4 Å². The summed E-state index contributed by atoms with van der Waals surface area (Å²) in [5.41, 5.74) is 2.65. The number of hydrogen-bond acceptors (Lipinski definition) is 2. The summed E-state index contributed by atoms with van der Waals surface area (Å²) in [5, 5.41) is 3.66. The zero-order chi connectivity index (χ0) is 17.8. The predicted octanol–water partition coefficient (Wildman–Crippen LogP) is 3.95. The van der Waals surface area contributed by atoms with Crippen molar-refractivity contribution in [2.75, 3.05) is 6.54 Å². The number of nitrogens with one attached hydrogen (secondary N) is 1. The van der Waals surface area contributed by atoms with E-state index in [-0.39, 0.29) is 17.9 Å². The van der Waals surface area contributed by atoms with Crippen LogP contribution in [0.5, 0.6) is 0 Å². The second-order valence-electron chi connectivity index (χ2n) is 6.36. The van der Waals surface area contributed by atoms with Crippen LogP contribution in [0.25, 0.3) is 0 Å². The molecule has 1 fully saturated rings. The number of likely N-dealkylation sites (tertiary alicyclic amines) is 1. The lowest BCUT2D eigenvalue weighted by atomic mass is 10.1. The number of carbonyl (C=O) groups is 2. The van der Waals surface area contributed by atoms with Gasteiger partial charge in [-0.25, -0.2) is 0 Å². The summed E-state index contributed by atoms with van der Waals surface area (Å²) < 4.78 is 0. The molecule has 1 unspecified atom stereocenters. The van der Waals surface area contributed by atoms with Crippen LogP contribution in [-0.4, -0.2) is 23.3 Å². The predicted molar refractivity (Wildman–Crippen MR) is 98.4 cm³/mol. The van der Waals surface area contributed by atoms with Crippen LogP contribution in [-0.2, 0) is 11.3 Å². The van der Waals surface area contributed by atoms with Crippen molar-refractivity contribution >= 4 is 23.4 Å². The van der Waals surface area contributed by atoms with Gasteiger partial charge in [0.1, 0.15) is 0 Å². The Morgan fingerprint density at radius 3 is 2.44 bits per heavy atom. The van der Waals surface area contributed by atoms with Crippen LogP contribution in [0.3, 0.4) is 0 Å². The molecule has 0 aliphatic carbocycles. The molecule has 1 atom stereocenters. The Hall–Kier alpha value is -2.33. The Morgan fingerprint density at radius 1 is 1.16 bits per heavy atom. The van der Waals surface area contributed by atoms with Gasteiger partial charge in [-0.1, -0.05) is 35.9 Å². The molecule has 25 heavy (non-hydrogen) atoms. The summed E-state index contributed by atoms with van der Waals surface area (Å²) in [5.74, 6) is 0.0878. The minimum Gasteiger partial charge on any atom is -0.346 e. The van der Waals surface area contributed by atoms with Crippen molar-refractivity contribution in [3.8, 4) is 0 Å². The molecular weight excluding hydrogens is 336 g/mol. The summed E-state index contributed by atoms with van der Waals surface area (Å²) >= 11 is 5.89. The zero-order valence-electron chi connectivity index (χ0n) is 14.2. The van der Waals surface area contributed by atoms with Gasteiger partial charge in [0, 0.05) is 30.1 Å². The summed E-state index contributed by atoms with van der Waals surface area (Å²) in [6, 6.07) is 14.8. The quantitative estimate of drug-likeness (QED) is 0.881. The van der Waals surface area contributed by atoms with Gasteiger partial charge in [0.25, 0.3) is 5.91 Å². The van der Waals surface area contributed by atoms with Crippen LogP contribution < -0.4 is 5.32 Å².